The van der Waals surface area contributed by atoms with Crippen molar-refractivity contribution in [3.05, 3.63) is 11.6 Å². The molecule has 0 bridgehead atoms. The molecule has 250 valence electrons. The van der Waals surface area contributed by atoms with Gasteiger partial charge in [-0.25, -0.2) is 4.79 Å². The van der Waals surface area contributed by atoms with Gasteiger partial charge in [-0.1, -0.05) is 77.6 Å². The van der Waals surface area contributed by atoms with Gasteiger partial charge in [-0.2, -0.15) is 0 Å². The summed E-state index contributed by atoms with van der Waals surface area (Å²) in [5, 5.41) is 41.6. The molecule has 0 aromatic carbocycles. The van der Waals surface area contributed by atoms with Crippen molar-refractivity contribution in [2.45, 2.75) is 198 Å². The zero-order valence-electron chi connectivity index (χ0n) is 27.1. The summed E-state index contributed by atoms with van der Waals surface area (Å²) in [5.41, 5.74) is 0.498. The van der Waals surface area contributed by atoms with Gasteiger partial charge in [0.05, 0.1) is 36.6 Å². The SMILES string of the molecule is CCCCCCCCCCCC[C@@H](O)[C@H]1CC[C@H]([C@H](O)CCCCC(=O)CC(O)CCC[C@@H](O)CC2=C[C@H](C)OC2=O)O1. The van der Waals surface area contributed by atoms with Crippen LogP contribution in [0.1, 0.15) is 155 Å². The lowest BCUT2D eigenvalue weighted by Gasteiger charge is -2.22. The summed E-state index contributed by atoms with van der Waals surface area (Å²) in [6, 6.07) is 0. The van der Waals surface area contributed by atoms with Crippen LogP contribution in [0, 0.1) is 0 Å². The van der Waals surface area contributed by atoms with Gasteiger partial charge in [0, 0.05) is 24.8 Å². The number of rotatable bonds is 26. The normalized spacial score (nSPS) is 23.2. The Balaban J connectivity index is 1.45. The monoisotopic (exact) mass is 610 g/mol. The molecule has 2 aliphatic rings. The van der Waals surface area contributed by atoms with E-state index in [0.29, 0.717) is 50.5 Å². The van der Waals surface area contributed by atoms with Gasteiger partial charge in [0.2, 0.25) is 0 Å². The lowest BCUT2D eigenvalue weighted by molar-refractivity contribution is -0.139. The maximum Gasteiger partial charge on any atom is 0.334 e. The van der Waals surface area contributed by atoms with E-state index in [-0.39, 0.29) is 42.9 Å². The maximum absolute atomic E-state index is 12.3. The molecule has 1 saturated heterocycles. The van der Waals surface area contributed by atoms with Crippen molar-refractivity contribution >= 4 is 11.8 Å². The number of carbonyl (C=O) groups excluding carboxylic acids is 2. The largest absolute Gasteiger partial charge is 0.455 e. The smallest absolute Gasteiger partial charge is 0.334 e. The average Bonchev–Trinajstić information content (AvgIpc) is 3.58. The predicted octanol–water partition coefficient (Wildman–Crippen LogP) is 6.24. The first kappa shape index (κ1) is 37.9. The summed E-state index contributed by atoms with van der Waals surface area (Å²) in [5.74, 6) is -0.374. The van der Waals surface area contributed by atoms with Crippen LogP contribution in [0.25, 0.3) is 0 Å². The highest BCUT2D eigenvalue weighted by Gasteiger charge is 2.34. The second-order valence-corrected chi connectivity index (χ2v) is 13.1. The lowest BCUT2D eigenvalue weighted by Crippen LogP contribution is -2.31. The molecule has 0 radical (unpaired) electrons. The number of ketones is 1. The van der Waals surface area contributed by atoms with Gasteiger partial charge in [-0.3, -0.25) is 4.79 Å². The van der Waals surface area contributed by atoms with E-state index in [0.717, 1.165) is 32.1 Å². The van der Waals surface area contributed by atoms with Gasteiger partial charge >= 0.3 is 5.97 Å². The zero-order chi connectivity index (χ0) is 31.5. The van der Waals surface area contributed by atoms with Crippen LogP contribution in [0.15, 0.2) is 11.6 Å². The van der Waals surface area contributed by atoms with Crippen LogP contribution in [-0.2, 0) is 19.1 Å². The third-order valence-electron chi connectivity index (χ3n) is 8.99. The van der Waals surface area contributed by atoms with Crippen LogP contribution < -0.4 is 0 Å². The van der Waals surface area contributed by atoms with E-state index in [9.17, 15) is 30.0 Å². The number of esters is 1. The fourth-order valence-corrected chi connectivity index (χ4v) is 6.34. The van der Waals surface area contributed by atoms with E-state index in [4.69, 9.17) is 9.47 Å². The van der Waals surface area contributed by atoms with Crippen LogP contribution in [0.4, 0.5) is 0 Å². The van der Waals surface area contributed by atoms with Gasteiger partial charge in [0.1, 0.15) is 11.9 Å². The number of Topliss-reactive ketones (excluding diaryl/α,β-unsaturated/α-hetero) is 1. The van der Waals surface area contributed by atoms with Crippen molar-refractivity contribution in [3.63, 3.8) is 0 Å². The van der Waals surface area contributed by atoms with E-state index in [1.807, 2.05) is 0 Å². The minimum Gasteiger partial charge on any atom is -0.455 e. The van der Waals surface area contributed by atoms with E-state index in [2.05, 4.69) is 6.92 Å². The number of carbonyl (C=O) groups is 2. The molecular formula is C35H62O8. The van der Waals surface area contributed by atoms with E-state index < -0.39 is 24.4 Å². The topological polar surface area (TPSA) is 134 Å². The number of aliphatic hydroxyl groups is 4. The Labute approximate surface area is 260 Å². The summed E-state index contributed by atoms with van der Waals surface area (Å²) in [7, 11) is 0. The molecule has 4 N–H and O–H groups in total. The van der Waals surface area contributed by atoms with Gasteiger partial charge in [0.15, 0.2) is 0 Å². The molecule has 0 aliphatic carbocycles. The molecular weight excluding hydrogens is 548 g/mol. The molecule has 0 spiro atoms. The maximum atomic E-state index is 12.3. The number of cyclic esters (lactones) is 1. The number of hydrogen-bond donors (Lipinski definition) is 4. The molecule has 0 aromatic rings. The van der Waals surface area contributed by atoms with Crippen LogP contribution in [0.5, 0.6) is 0 Å². The first-order chi connectivity index (χ1) is 20.7. The van der Waals surface area contributed by atoms with Gasteiger partial charge in [-0.15, -0.1) is 0 Å². The van der Waals surface area contributed by atoms with Crippen molar-refractivity contribution in [2.24, 2.45) is 0 Å². The van der Waals surface area contributed by atoms with Crippen LogP contribution in [0.3, 0.4) is 0 Å². The zero-order valence-corrected chi connectivity index (χ0v) is 27.1. The quantitative estimate of drug-likeness (QED) is 0.0668. The number of aliphatic hydroxyl groups excluding tert-OH is 4. The molecule has 0 saturated carbocycles. The van der Waals surface area contributed by atoms with Crippen LogP contribution >= 0.6 is 0 Å². The van der Waals surface area contributed by atoms with Crippen molar-refractivity contribution in [2.75, 3.05) is 0 Å². The summed E-state index contributed by atoms with van der Waals surface area (Å²) in [6.07, 6.45) is 17.6. The average molecular weight is 611 g/mol. The molecule has 0 aromatic heterocycles. The molecule has 8 nitrogen and oxygen atoms in total. The molecule has 0 amide bonds. The highest BCUT2D eigenvalue weighted by Crippen LogP contribution is 2.28. The predicted molar refractivity (Wildman–Crippen MR) is 169 cm³/mol. The molecule has 43 heavy (non-hydrogen) atoms. The Kier molecular flexibility index (Phi) is 19.6. The Bertz CT molecular complexity index is 799. The third-order valence-corrected chi connectivity index (χ3v) is 8.99. The van der Waals surface area contributed by atoms with Crippen LogP contribution in [-0.4, -0.2) is 74.9 Å². The Morgan fingerprint density at radius 3 is 1.86 bits per heavy atom. The molecule has 2 aliphatic heterocycles. The number of hydrogen-bond acceptors (Lipinski definition) is 8. The molecule has 8 heteroatoms. The summed E-state index contributed by atoms with van der Waals surface area (Å²) < 4.78 is 11.1. The summed E-state index contributed by atoms with van der Waals surface area (Å²) in [4.78, 5) is 23.9. The molecule has 7 atom stereocenters. The minimum atomic E-state index is -0.739. The van der Waals surface area contributed by atoms with E-state index in [1.165, 1.54) is 51.4 Å². The highest BCUT2D eigenvalue weighted by molar-refractivity contribution is 5.90. The number of unbranched alkanes of at least 4 members (excludes halogenated alkanes) is 10. The van der Waals surface area contributed by atoms with Crippen molar-refractivity contribution in [3.8, 4) is 0 Å². The number of ether oxygens (including phenoxy) is 2. The second-order valence-electron chi connectivity index (χ2n) is 13.1. The van der Waals surface area contributed by atoms with E-state index >= 15 is 0 Å². The fraction of sp³-hybridized carbons (Fsp3) is 0.886. The van der Waals surface area contributed by atoms with Crippen LogP contribution in [0.2, 0.25) is 0 Å². The van der Waals surface area contributed by atoms with Crippen molar-refractivity contribution < 1.29 is 39.5 Å². The van der Waals surface area contributed by atoms with Crippen molar-refractivity contribution in [1.82, 2.24) is 0 Å². The fourth-order valence-electron chi connectivity index (χ4n) is 6.34. The second kappa shape index (κ2) is 22.2. The third kappa shape index (κ3) is 16.5. The molecule has 2 heterocycles. The molecule has 2 rings (SSSR count). The van der Waals surface area contributed by atoms with Gasteiger partial charge in [0.25, 0.3) is 0 Å². The Morgan fingerprint density at radius 2 is 1.30 bits per heavy atom. The lowest BCUT2D eigenvalue weighted by atomic mass is 9.98. The minimum absolute atomic E-state index is 0.00246. The standard InChI is InChI=1S/C35H62O8/c1-3-4-5-6-7-8-9-10-11-12-19-31(39)33-21-22-34(43-33)32(40)20-14-13-16-29(37)25-30(38)18-15-17-28(36)24-27-23-26(2)42-35(27)41/h23,26,28,30-34,36,38-40H,3-22,24-25H2,1-2H3/t26-,28+,30?,31+,32+,33+,34+/m0/s1. The Hall–Kier alpha value is -1.32. The first-order valence-corrected chi connectivity index (χ1v) is 17.5. The summed E-state index contributed by atoms with van der Waals surface area (Å²) in [6.45, 7) is 4.02. The highest BCUT2D eigenvalue weighted by atomic mass is 16.5. The van der Waals surface area contributed by atoms with E-state index in [1.54, 1.807) is 13.0 Å². The van der Waals surface area contributed by atoms with Gasteiger partial charge in [-0.05, 0) is 64.4 Å². The van der Waals surface area contributed by atoms with Gasteiger partial charge < -0.3 is 29.9 Å². The first-order valence-electron chi connectivity index (χ1n) is 17.5. The molecule has 1 unspecified atom stereocenters. The Morgan fingerprint density at radius 1 is 0.767 bits per heavy atom. The summed E-state index contributed by atoms with van der Waals surface area (Å²) >= 11 is 0. The molecule has 1 fully saturated rings. The van der Waals surface area contributed by atoms with Crippen molar-refractivity contribution in [1.29, 1.82) is 0 Å².